The number of halogens is 1. The summed E-state index contributed by atoms with van der Waals surface area (Å²) in [6.07, 6.45) is 0. The number of hydrogen-bond donors (Lipinski definition) is 2. The van der Waals surface area contributed by atoms with E-state index in [1.54, 1.807) is 0 Å². The Morgan fingerprint density at radius 3 is 2.47 bits per heavy atom. The fraction of sp³-hybridized carbons (Fsp3) is 0.429. The van der Waals surface area contributed by atoms with E-state index in [2.05, 4.69) is 26.6 Å². The zero-order valence-corrected chi connectivity index (χ0v) is 13.0. The molecule has 0 unspecified atom stereocenters. The molecule has 2 amide bonds. The Labute approximate surface area is 122 Å². The van der Waals surface area contributed by atoms with Gasteiger partial charge in [0.1, 0.15) is 0 Å². The van der Waals surface area contributed by atoms with Crippen molar-refractivity contribution in [2.75, 3.05) is 13.1 Å². The number of nitrogens with one attached hydrogen (secondary N) is 2. The smallest absolute Gasteiger partial charge is 0.252 e. The molecule has 2 N–H and O–H groups in total. The molecule has 19 heavy (non-hydrogen) atoms. The van der Waals surface area contributed by atoms with Crippen LogP contribution in [-0.2, 0) is 4.79 Å². The molecular formula is C14H19BrN2O2. The maximum atomic E-state index is 11.9. The number of aryl methyl sites for hydroxylation is 1. The molecule has 0 spiro atoms. The van der Waals surface area contributed by atoms with Crippen LogP contribution in [0.3, 0.4) is 0 Å². The molecule has 104 valence electrons. The first-order chi connectivity index (χ1) is 8.91. The van der Waals surface area contributed by atoms with Crippen LogP contribution in [0, 0.1) is 12.8 Å². The second-order valence-corrected chi connectivity index (χ2v) is 5.54. The predicted molar refractivity (Wildman–Crippen MR) is 79.1 cm³/mol. The van der Waals surface area contributed by atoms with Crippen LogP contribution in [0.1, 0.15) is 29.8 Å². The summed E-state index contributed by atoms with van der Waals surface area (Å²) in [7, 11) is 0. The third-order valence-electron chi connectivity index (χ3n) is 2.60. The van der Waals surface area contributed by atoms with Crippen molar-refractivity contribution in [3.63, 3.8) is 0 Å². The summed E-state index contributed by atoms with van der Waals surface area (Å²) in [4.78, 5) is 23.3. The van der Waals surface area contributed by atoms with E-state index in [-0.39, 0.29) is 17.7 Å². The molecule has 0 aliphatic carbocycles. The van der Waals surface area contributed by atoms with E-state index in [9.17, 15) is 9.59 Å². The Morgan fingerprint density at radius 2 is 1.84 bits per heavy atom. The van der Waals surface area contributed by atoms with Crippen molar-refractivity contribution in [2.45, 2.75) is 20.8 Å². The summed E-state index contributed by atoms with van der Waals surface area (Å²) in [5, 5.41) is 5.53. The minimum Gasteiger partial charge on any atom is -0.354 e. The molecule has 0 bridgehead atoms. The van der Waals surface area contributed by atoms with E-state index < -0.39 is 0 Å². The highest BCUT2D eigenvalue weighted by molar-refractivity contribution is 9.10. The van der Waals surface area contributed by atoms with Gasteiger partial charge in [0.15, 0.2) is 0 Å². The minimum atomic E-state index is -0.144. The third kappa shape index (κ3) is 5.03. The standard InChI is InChI=1S/C14H19BrN2O2/c1-9(2)13(18)16-6-7-17-14(19)11-8-10(3)4-5-12(11)15/h4-5,8-9H,6-7H2,1-3H3,(H,16,18)(H,17,19). The van der Waals surface area contributed by atoms with Crippen LogP contribution < -0.4 is 10.6 Å². The number of amides is 2. The largest absolute Gasteiger partial charge is 0.354 e. The lowest BCUT2D eigenvalue weighted by atomic mass is 10.1. The molecule has 1 rings (SSSR count). The van der Waals surface area contributed by atoms with Crippen LogP contribution in [0.15, 0.2) is 22.7 Å². The first kappa shape index (κ1) is 15.7. The van der Waals surface area contributed by atoms with Gasteiger partial charge in [-0.3, -0.25) is 9.59 Å². The van der Waals surface area contributed by atoms with Crippen LogP contribution in [0.25, 0.3) is 0 Å². The SMILES string of the molecule is Cc1ccc(Br)c(C(=O)NCCNC(=O)C(C)C)c1. The molecule has 0 aliphatic heterocycles. The maximum Gasteiger partial charge on any atom is 0.252 e. The van der Waals surface area contributed by atoms with Gasteiger partial charge in [0, 0.05) is 23.5 Å². The summed E-state index contributed by atoms with van der Waals surface area (Å²) in [5.74, 6) is -0.193. The van der Waals surface area contributed by atoms with Gasteiger partial charge < -0.3 is 10.6 Å². The Bertz CT molecular complexity index is 473. The summed E-state index contributed by atoms with van der Waals surface area (Å²) in [5.41, 5.74) is 1.64. The number of carbonyl (C=O) groups excluding carboxylic acids is 2. The van der Waals surface area contributed by atoms with Crippen molar-refractivity contribution in [3.8, 4) is 0 Å². The second kappa shape index (κ2) is 7.28. The van der Waals surface area contributed by atoms with Gasteiger partial charge in [-0.15, -0.1) is 0 Å². The lowest BCUT2D eigenvalue weighted by molar-refractivity contribution is -0.123. The summed E-state index contributed by atoms with van der Waals surface area (Å²) in [6, 6.07) is 5.61. The van der Waals surface area contributed by atoms with Gasteiger partial charge in [0.25, 0.3) is 5.91 Å². The van der Waals surface area contributed by atoms with Gasteiger partial charge in [0.2, 0.25) is 5.91 Å². The van der Waals surface area contributed by atoms with Crippen LogP contribution in [0.4, 0.5) is 0 Å². The highest BCUT2D eigenvalue weighted by Crippen LogP contribution is 2.17. The van der Waals surface area contributed by atoms with Crippen LogP contribution >= 0.6 is 15.9 Å². The molecule has 0 heterocycles. The maximum absolute atomic E-state index is 11.9. The number of hydrogen-bond acceptors (Lipinski definition) is 2. The van der Waals surface area contributed by atoms with Crippen LogP contribution in [0.5, 0.6) is 0 Å². The molecular weight excluding hydrogens is 308 g/mol. The molecule has 1 aromatic carbocycles. The zero-order valence-electron chi connectivity index (χ0n) is 11.4. The minimum absolute atomic E-state index is 0.00835. The van der Waals surface area contributed by atoms with Crippen molar-refractivity contribution < 1.29 is 9.59 Å². The quantitative estimate of drug-likeness (QED) is 0.815. The zero-order chi connectivity index (χ0) is 14.4. The van der Waals surface area contributed by atoms with Crippen molar-refractivity contribution >= 4 is 27.7 Å². The molecule has 0 saturated heterocycles. The van der Waals surface area contributed by atoms with Gasteiger partial charge in [-0.25, -0.2) is 0 Å². The summed E-state index contributed by atoms with van der Waals surface area (Å²) in [6.45, 7) is 6.45. The molecule has 0 radical (unpaired) electrons. The number of carbonyl (C=O) groups is 2. The normalized spacial score (nSPS) is 10.4. The molecule has 1 aromatic rings. The topological polar surface area (TPSA) is 58.2 Å². The van der Waals surface area contributed by atoms with Crippen molar-refractivity contribution in [1.82, 2.24) is 10.6 Å². The van der Waals surface area contributed by atoms with Crippen molar-refractivity contribution in [3.05, 3.63) is 33.8 Å². The Kier molecular flexibility index (Phi) is 6.02. The van der Waals surface area contributed by atoms with Crippen LogP contribution in [-0.4, -0.2) is 24.9 Å². The van der Waals surface area contributed by atoms with E-state index >= 15 is 0 Å². The Balaban J connectivity index is 2.44. The number of rotatable bonds is 5. The van der Waals surface area contributed by atoms with E-state index in [0.29, 0.717) is 18.7 Å². The number of benzene rings is 1. The Morgan fingerprint density at radius 1 is 1.21 bits per heavy atom. The average molecular weight is 327 g/mol. The van der Waals surface area contributed by atoms with Crippen LogP contribution in [0.2, 0.25) is 0 Å². The monoisotopic (exact) mass is 326 g/mol. The molecule has 5 heteroatoms. The van der Waals surface area contributed by atoms with Gasteiger partial charge in [0.05, 0.1) is 5.56 Å². The summed E-state index contributed by atoms with van der Waals surface area (Å²) < 4.78 is 0.766. The van der Waals surface area contributed by atoms with E-state index in [1.807, 2.05) is 39.0 Å². The van der Waals surface area contributed by atoms with Crippen molar-refractivity contribution in [1.29, 1.82) is 0 Å². The highest BCUT2D eigenvalue weighted by Gasteiger charge is 2.10. The average Bonchev–Trinajstić information content (AvgIpc) is 2.36. The van der Waals surface area contributed by atoms with E-state index in [0.717, 1.165) is 10.0 Å². The molecule has 0 aromatic heterocycles. The van der Waals surface area contributed by atoms with Gasteiger partial charge in [-0.1, -0.05) is 25.5 Å². The first-order valence-corrected chi connectivity index (χ1v) is 7.03. The lowest BCUT2D eigenvalue weighted by Gasteiger charge is -2.10. The molecule has 4 nitrogen and oxygen atoms in total. The van der Waals surface area contributed by atoms with Crippen molar-refractivity contribution in [2.24, 2.45) is 5.92 Å². The van der Waals surface area contributed by atoms with E-state index in [1.165, 1.54) is 0 Å². The lowest BCUT2D eigenvalue weighted by Crippen LogP contribution is -2.36. The first-order valence-electron chi connectivity index (χ1n) is 6.24. The molecule has 0 fully saturated rings. The van der Waals surface area contributed by atoms with E-state index in [4.69, 9.17) is 0 Å². The fourth-order valence-corrected chi connectivity index (χ4v) is 1.90. The predicted octanol–water partition coefficient (Wildman–Crippen LogP) is 2.26. The second-order valence-electron chi connectivity index (χ2n) is 4.68. The van der Waals surface area contributed by atoms with Gasteiger partial charge in [-0.2, -0.15) is 0 Å². The highest BCUT2D eigenvalue weighted by atomic mass is 79.9. The molecule has 0 saturated carbocycles. The molecule has 0 aliphatic rings. The Hall–Kier alpha value is -1.36. The molecule has 0 atom stereocenters. The third-order valence-corrected chi connectivity index (χ3v) is 3.29. The summed E-state index contributed by atoms with van der Waals surface area (Å²) >= 11 is 3.35. The van der Waals surface area contributed by atoms with Gasteiger partial charge >= 0.3 is 0 Å². The fourth-order valence-electron chi connectivity index (χ4n) is 1.47. The van der Waals surface area contributed by atoms with Gasteiger partial charge in [-0.05, 0) is 35.0 Å².